The van der Waals surface area contributed by atoms with Crippen molar-refractivity contribution >= 4 is 54.5 Å². The average molecular weight is 545 g/mol. The van der Waals surface area contributed by atoms with E-state index in [1.807, 2.05) is 48.5 Å². The molecule has 0 aliphatic heterocycles. The number of hydrogen-bond acceptors (Lipinski definition) is 2. The maximum atomic E-state index is 9.31. The van der Waals surface area contributed by atoms with E-state index < -0.39 is 24.2 Å². The van der Waals surface area contributed by atoms with Crippen LogP contribution in [-0.4, -0.2) is 0 Å². The van der Waals surface area contributed by atoms with Gasteiger partial charge < -0.3 is 8.83 Å². The molecule has 0 saturated heterocycles. The highest BCUT2D eigenvalue weighted by atomic mass is 16.3. The summed E-state index contributed by atoms with van der Waals surface area (Å²) >= 11 is 0. The molecule has 2 aromatic heterocycles. The zero-order valence-electron chi connectivity index (χ0n) is 30.1. The summed E-state index contributed by atoms with van der Waals surface area (Å²) in [6, 6.07) is 25.0. The van der Waals surface area contributed by atoms with E-state index in [4.69, 9.17) is 14.3 Å². The van der Waals surface area contributed by atoms with Gasteiger partial charge in [0.15, 0.2) is 0 Å². The Morgan fingerprint density at radius 3 is 1.71 bits per heavy atom. The minimum Gasteiger partial charge on any atom is -0.463 e. The van der Waals surface area contributed by atoms with Gasteiger partial charge in [0, 0.05) is 16.3 Å². The van der Waals surface area contributed by atoms with E-state index in [9.17, 15) is 5.48 Å². The van der Waals surface area contributed by atoms with Gasteiger partial charge in [-0.25, -0.2) is 0 Å². The van der Waals surface area contributed by atoms with Crippen LogP contribution in [0.5, 0.6) is 0 Å². The molecule has 2 heterocycles. The van der Waals surface area contributed by atoms with Crippen LogP contribution < -0.4 is 0 Å². The third kappa shape index (κ3) is 3.27. The summed E-state index contributed by atoms with van der Waals surface area (Å²) in [4.78, 5) is 0. The molecule has 0 unspecified atom stereocenters. The monoisotopic (exact) mass is 544 g/mol. The molecule has 7 aromatic carbocycles. The lowest BCUT2D eigenvalue weighted by molar-refractivity contribution is 0.619. The van der Waals surface area contributed by atoms with Crippen molar-refractivity contribution in [3.8, 4) is 33.4 Å². The van der Waals surface area contributed by atoms with Gasteiger partial charge in [0.2, 0.25) is 0 Å². The number of hydrogen-bond donors (Lipinski definition) is 0. The summed E-state index contributed by atoms with van der Waals surface area (Å²) in [5.41, 5.74) is 5.05. The van der Waals surface area contributed by atoms with Crippen molar-refractivity contribution < 1.29 is 19.8 Å². The zero-order valence-corrected chi connectivity index (χ0v) is 22.1. The Kier molecular flexibility index (Phi) is 3.54. The predicted molar refractivity (Wildman–Crippen MR) is 175 cm³/mol. The second-order valence-electron chi connectivity index (χ2n) is 10.2. The third-order valence-electron chi connectivity index (χ3n) is 7.99. The normalized spacial score (nSPS) is 14.5. The summed E-state index contributed by atoms with van der Waals surface area (Å²) < 4.78 is 84.6. The number of rotatable bonds is 3. The molecule has 0 aliphatic rings. The highest BCUT2D eigenvalue weighted by Gasteiger charge is 2.22. The third-order valence-corrected chi connectivity index (χ3v) is 7.99. The lowest BCUT2D eigenvalue weighted by Crippen LogP contribution is -1.91. The minimum absolute atomic E-state index is 0.144. The molecule has 0 saturated carbocycles. The Labute approximate surface area is 253 Å². The smallest absolute Gasteiger partial charge is 0.146 e. The summed E-state index contributed by atoms with van der Waals surface area (Å²) in [5.74, 6) is 0. The van der Waals surface area contributed by atoms with Crippen LogP contribution in [0, 0.1) is 0 Å². The first kappa shape index (κ1) is 16.6. The van der Waals surface area contributed by atoms with Crippen molar-refractivity contribution in [3.05, 3.63) is 146 Å². The highest BCUT2D eigenvalue weighted by Crippen LogP contribution is 2.48. The van der Waals surface area contributed by atoms with E-state index in [0.717, 1.165) is 16.5 Å². The van der Waals surface area contributed by atoms with Crippen LogP contribution in [-0.2, 0) is 0 Å². The van der Waals surface area contributed by atoms with Gasteiger partial charge >= 0.3 is 0 Å². The molecule has 0 fully saturated rings. The first-order chi connectivity index (χ1) is 24.2. The van der Waals surface area contributed by atoms with Crippen molar-refractivity contribution in [1.29, 1.82) is 0 Å². The van der Waals surface area contributed by atoms with Crippen molar-refractivity contribution in [2.24, 2.45) is 0 Å². The van der Waals surface area contributed by atoms with Crippen LogP contribution in [0.2, 0.25) is 0 Å². The Morgan fingerprint density at radius 2 is 1.05 bits per heavy atom. The Morgan fingerprint density at radius 1 is 0.452 bits per heavy atom. The molecule has 2 heteroatoms. The van der Waals surface area contributed by atoms with Crippen molar-refractivity contribution in [3.63, 3.8) is 0 Å². The van der Waals surface area contributed by atoms with Gasteiger partial charge in [0.05, 0.1) is 22.6 Å². The van der Waals surface area contributed by atoms with Crippen LogP contribution in [0.4, 0.5) is 0 Å². The van der Waals surface area contributed by atoms with Gasteiger partial charge in [-0.1, -0.05) is 121 Å². The van der Waals surface area contributed by atoms with Gasteiger partial charge in [-0.15, -0.1) is 0 Å². The molecule has 9 aromatic rings. The van der Waals surface area contributed by atoms with Gasteiger partial charge in [-0.3, -0.25) is 0 Å². The SMILES string of the molecule is [2H]c1c([2H])c([2H])c2c(-c3cccc4oc5ccc6c(-c7ccccc7)coc6c5c34)c3c([2H])c([2H])c([2H])c([2H])c3c(-c3ccccc3)c2c1[2H]. The molecular formula is C40H24O2. The molecule has 0 aliphatic carbocycles. The summed E-state index contributed by atoms with van der Waals surface area (Å²) in [7, 11) is 0. The summed E-state index contributed by atoms with van der Waals surface area (Å²) in [6.07, 6.45) is 1.70. The first-order valence-electron chi connectivity index (χ1n) is 17.6. The van der Waals surface area contributed by atoms with Gasteiger partial charge in [0.25, 0.3) is 0 Å². The van der Waals surface area contributed by atoms with E-state index in [1.54, 1.807) is 48.7 Å². The Balaban J connectivity index is 1.56. The molecule has 0 N–H and O–H groups in total. The molecule has 0 atom stereocenters. The lowest BCUT2D eigenvalue weighted by Gasteiger charge is -2.18. The maximum absolute atomic E-state index is 9.31. The van der Waals surface area contributed by atoms with Crippen molar-refractivity contribution in [2.45, 2.75) is 0 Å². The van der Waals surface area contributed by atoms with E-state index in [-0.39, 0.29) is 51.3 Å². The standard InChI is InChI=1S/C40H24O2/c1-3-12-25(13-4-1)33-24-41-40-31(33)22-23-35-39(40)38-32(20-11-21-34(38)42-35)37-29-18-9-7-16-27(29)36(26-14-5-2-6-15-26)28-17-8-10-19-30(28)37/h1-24H/i7D,8D,9D,10D,16D,17D,18D,19D. The van der Waals surface area contributed by atoms with E-state index in [0.29, 0.717) is 44.2 Å². The fourth-order valence-electron chi connectivity index (χ4n) is 6.23. The molecule has 0 radical (unpaired) electrons. The van der Waals surface area contributed by atoms with E-state index in [2.05, 4.69) is 0 Å². The molecule has 0 bridgehead atoms. The Bertz CT molecular complexity index is 2810. The van der Waals surface area contributed by atoms with Crippen LogP contribution in [0.15, 0.2) is 154 Å². The highest BCUT2D eigenvalue weighted by molar-refractivity contribution is 6.28. The fraction of sp³-hybridized carbons (Fsp3) is 0. The molecule has 2 nitrogen and oxygen atoms in total. The van der Waals surface area contributed by atoms with Crippen LogP contribution in [0.1, 0.15) is 11.0 Å². The molecule has 9 rings (SSSR count). The van der Waals surface area contributed by atoms with Crippen LogP contribution >= 0.6 is 0 Å². The topological polar surface area (TPSA) is 26.3 Å². The second kappa shape index (κ2) is 8.95. The second-order valence-corrected chi connectivity index (χ2v) is 10.2. The van der Waals surface area contributed by atoms with Crippen LogP contribution in [0.25, 0.3) is 87.8 Å². The number of furan rings is 2. The van der Waals surface area contributed by atoms with Crippen molar-refractivity contribution in [2.75, 3.05) is 0 Å². The van der Waals surface area contributed by atoms with Crippen molar-refractivity contribution in [1.82, 2.24) is 0 Å². The summed E-state index contributed by atoms with van der Waals surface area (Å²) in [6.45, 7) is 0. The number of fused-ring (bicyclic) bond motifs is 7. The molecule has 42 heavy (non-hydrogen) atoms. The summed E-state index contributed by atoms with van der Waals surface area (Å²) in [5, 5.41) is 2.70. The molecular weight excluding hydrogens is 512 g/mol. The van der Waals surface area contributed by atoms with Gasteiger partial charge in [-0.2, -0.15) is 0 Å². The maximum Gasteiger partial charge on any atom is 0.146 e. The van der Waals surface area contributed by atoms with Gasteiger partial charge in [0.1, 0.15) is 16.7 Å². The van der Waals surface area contributed by atoms with Crippen LogP contribution in [0.3, 0.4) is 0 Å². The zero-order chi connectivity index (χ0) is 34.6. The fourth-order valence-corrected chi connectivity index (χ4v) is 6.23. The quantitative estimate of drug-likeness (QED) is 0.207. The Hall–Kier alpha value is -5.60. The molecule has 0 amide bonds. The average Bonchev–Trinajstić information content (AvgIpc) is 3.76. The van der Waals surface area contributed by atoms with Gasteiger partial charge in [-0.05, 0) is 67.6 Å². The predicted octanol–water partition coefficient (Wildman–Crippen LogP) is 11.6. The van der Waals surface area contributed by atoms with E-state index in [1.165, 1.54) is 0 Å². The molecule has 0 spiro atoms. The largest absolute Gasteiger partial charge is 0.463 e. The number of benzene rings is 7. The minimum atomic E-state index is -0.451. The first-order valence-corrected chi connectivity index (χ1v) is 13.6. The lowest BCUT2D eigenvalue weighted by atomic mass is 9.85. The van der Waals surface area contributed by atoms with E-state index >= 15 is 0 Å². The molecule has 196 valence electrons.